The molecule has 2 aromatic rings. The maximum absolute atomic E-state index is 13.2. The van der Waals surface area contributed by atoms with Crippen molar-refractivity contribution >= 4 is 46.0 Å². The van der Waals surface area contributed by atoms with E-state index in [2.05, 4.69) is 5.32 Å². The number of halogens is 2. The summed E-state index contributed by atoms with van der Waals surface area (Å²) < 4.78 is 11.5. The van der Waals surface area contributed by atoms with Crippen molar-refractivity contribution in [1.29, 1.82) is 5.41 Å². The van der Waals surface area contributed by atoms with Crippen LogP contribution in [0.1, 0.15) is 24.5 Å². The van der Waals surface area contributed by atoms with E-state index in [-0.39, 0.29) is 12.3 Å². The number of ketones is 1. The number of hydrogen-bond acceptors (Lipinski definition) is 7. The number of benzene rings is 2. The Balaban J connectivity index is 1.90. The van der Waals surface area contributed by atoms with Crippen LogP contribution in [0.4, 0.5) is 5.69 Å². The number of nitrogens with two attached hydrogens (primary N) is 1. The number of allylic oxidation sites excluding steroid dienone is 3. The third-order valence-electron chi connectivity index (χ3n) is 5.39. The minimum atomic E-state index is -0.954. The van der Waals surface area contributed by atoms with Crippen LogP contribution >= 0.6 is 23.2 Å². The van der Waals surface area contributed by atoms with Crippen LogP contribution in [0.25, 0.3) is 5.57 Å². The lowest BCUT2D eigenvalue weighted by Gasteiger charge is -2.26. The van der Waals surface area contributed by atoms with Crippen molar-refractivity contribution in [1.82, 2.24) is 4.90 Å². The topological polar surface area (TPSA) is 101 Å². The smallest absolute Gasteiger partial charge is 0.225 e. The second-order valence-electron chi connectivity index (χ2n) is 8.28. The predicted octanol–water partition coefficient (Wildman–Crippen LogP) is 4.92. The summed E-state index contributed by atoms with van der Waals surface area (Å²) in [6.45, 7) is 3.37. The maximum Gasteiger partial charge on any atom is 0.225 e. The maximum atomic E-state index is 13.2. The van der Waals surface area contributed by atoms with Gasteiger partial charge in [-0.3, -0.25) is 10.2 Å². The molecule has 0 bridgehead atoms. The van der Waals surface area contributed by atoms with Gasteiger partial charge in [0.25, 0.3) is 0 Å². The minimum absolute atomic E-state index is 0.00873. The normalized spacial score (nSPS) is 15.8. The molecule has 0 spiro atoms. The number of ether oxygens (including phenoxy) is 2. The van der Waals surface area contributed by atoms with Crippen LogP contribution < -0.4 is 20.5 Å². The Morgan fingerprint density at radius 1 is 1.26 bits per heavy atom. The largest absolute Gasteiger partial charge is 0.485 e. The summed E-state index contributed by atoms with van der Waals surface area (Å²) >= 11 is 12.5. The van der Waals surface area contributed by atoms with E-state index in [4.69, 9.17) is 43.8 Å². The summed E-state index contributed by atoms with van der Waals surface area (Å²) in [6, 6.07) is 10.3. The van der Waals surface area contributed by atoms with E-state index < -0.39 is 11.9 Å². The molecule has 1 atom stereocenters. The molecule has 1 aliphatic heterocycles. The summed E-state index contributed by atoms with van der Waals surface area (Å²) in [6.07, 6.45) is 3.14. The van der Waals surface area contributed by atoms with Gasteiger partial charge in [0, 0.05) is 52.2 Å². The van der Waals surface area contributed by atoms with E-state index in [0.717, 1.165) is 18.5 Å². The zero-order chi connectivity index (χ0) is 25.5. The van der Waals surface area contributed by atoms with Crippen molar-refractivity contribution in [2.75, 3.05) is 39.1 Å². The number of nitrogens with one attached hydrogen (secondary N) is 2. The summed E-state index contributed by atoms with van der Waals surface area (Å²) in [5.41, 5.74) is 8.21. The highest BCUT2D eigenvalue weighted by atomic mass is 35.5. The first kappa shape index (κ1) is 26.6. The lowest BCUT2D eigenvalue weighted by Crippen LogP contribution is -2.40. The van der Waals surface area contributed by atoms with E-state index in [1.807, 2.05) is 38.1 Å². The fourth-order valence-corrected chi connectivity index (χ4v) is 4.05. The Kier molecular flexibility index (Phi) is 9.20. The molecule has 4 N–H and O–H groups in total. The molecule has 7 nitrogen and oxygen atoms in total. The molecular formula is C26H30Cl2N4O3. The van der Waals surface area contributed by atoms with E-state index in [0.29, 0.717) is 44.9 Å². The quantitative estimate of drug-likeness (QED) is 0.306. The minimum Gasteiger partial charge on any atom is -0.485 e. The molecule has 35 heavy (non-hydrogen) atoms. The number of rotatable bonds is 10. The van der Waals surface area contributed by atoms with Gasteiger partial charge in [-0.25, -0.2) is 0 Å². The van der Waals surface area contributed by atoms with Gasteiger partial charge in [-0.15, -0.1) is 0 Å². The lowest BCUT2D eigenvalue weighted by atomic mass is 9.96. The highest BCUT2D eigenvalue weighted by molar-refractivity contribution is 6.47. The third-order valence-corrected chi connectivity index (χ3v) is 5.98. The molecule has 0 saturated heterocycles. The second-order valence-corrected chi connectivity index (χ2v) is 9.12. The van der Waals surface area contributed by atoms with Gasteiger partial charge in [0.1, 0.15) is 12.3 Å². The van der Waals surface area contributed by atoms with Crippen LogP contribution in [-0.2, 0) is 4.79 Å². The molecule has 1 aliphatic rings. The van der Waals surface area contributed by atoms with Crippen molar-refractivity contribution in [2.45, 2.75) is 19.4 Å². The number of Topliss-reactive ketones (excluding diaryl/α,β-unsaturated/α-hetero) is 1. The number of carbonyl (C=O) groups excluding carboxylic acids is 1. The molecule has 0 radical (unpaired) electrons. The Labute approximate surface area is 216 Å². The SMILES string of the molecule is CC/C=C(Cl)/C(=C\N)c1ccc(C(=N)C(=O)C2COc3ccc(Cl)cc3O2)c(NCCN(C)C)c1. The molecule has 0 fully saturated rings. The number of anilines is 1. The van der Waals surface area contributed by atoms with E-state index in [1.54, 1.807) is 30.3 Å². The van der Waals surface area contributed by atoms with Gasteiger partial charge in [0.05, 0.1) is 0 Å². The monoisotopic (exact) mass is 516 g/mol. The Bertz CT molecular complexity index is 1160. The summed E-state index contributed by atoms with van der Waals surface area (Å²) in [4.78, 5) is 15.3. The molecule has 186 valence electrons. The molecule has 0 saturated carbocycles. The Morgan fingerprint density at radius 3 is 2.71 bits per heavy atom. The van der Waals surface area contributed by atoms with Gasteiger partial charge < -0.3 is 25.4 Å². The van der Waals surface area contributed by atoms with Gasteiger partial charge in [-0.05, 0) is 50.3 Å². The molecular weight excluding hydrogens is 487 g/mol. The average Bonchev–Trinajstić information content (AvgIpc) is 2.83. The standard InChI is InChI=1S/C26H30Cl2N4O3/c1-4-5-20(28)19(14-29)16-6-8-18(21(12-16)31-10-11-32(2)3)25(30)26(33)24-15-34-22-9-7-17(27)13-23(22)35-24/h5-9,12-14,24,30-31H,4,10-11,15,29H2,1-3H3/b19-14-,20-5-,30-25?. The fraction of sp³-hybridized carbons (Fsp3) is 0.308. The number of carbonyl (C=O) groups is 1. The van der Waals surface area contributed by atoms with Gasteiger partial charge in [-0.2, -0.15) is 0 Å². The first-order valence-corrected chi connectivity index (χ1v) is 12.0. The number of likely N-dealkylation sites (N-methyl/N-ethyl adjacent to an activating group) is 1. The molecule has 1 heterocycles. The molecule has 2 aromatic carbocycles. The number of fused-ring (bicyclic) bond motifs is 1. The third kappa shape index (κ3) is 6.57. The molecule has 9 heteroatoms. The van der Waals surface area contributed by atoms with E-state index >= 15 is 0 Å². The zero-order valence-corrected chi connectivity index (χ0v) is 21.5. The molecule has 3 rings (SSSR count). The number of hydrogen-bond donors (Lipinski definition) is 3. The summed E-state index contributed by atoms with van der Waals surface area (Å²) in [5, 5.41) is 13.0. The van der Waals surface area contributed by atoms with Crippen molar-refractivity contribution < 1.29 is 14.3 Å². The van der Waals surface area contributed by atoms with Crippen molar-refractivity contribution in [2.24, 2.45) is 5.73 Å². The first-order chi connectivity index (χ1) is 16.7. The van der Waals surface area contributed by atoms with E-state index in [1.165, 1.54) is 6.20 Å². The van der Waals surface area contributed by atoms with Gasteiger partial charge in [0.2, 0.25) is 5.78 Å². The van der Waals surface area contributed by atoms with Crippen LogP contribution in [-0.4, -0.2) is 56.3 Å². The van der Waals surface area contributed by atoms with Gasteiger partial charge >= 0.3 is 0 Å². The van der Waals surface area contributed by atoms with Crippen LogP contribution in [0, 0.1) is 5.41 Å². The summed E-state index contributed by atoms with van der Waals surface area (Å²) in [7, 11) is 3.94. The predicted molar refractivity (Wildman–Crippen MR) is 143 cm³/mol. The van der Waals surface area contributed by atoms with Gasteiger partial charge in [0.15, 0.2) is 17.6 Å². The highest BCUT2D eigenvalue weighted by Crippen LogP contribution is 2.35. The molecule has 0 aliphatic carbocycles. The van der Waals surface area contributed by atoms with Crippen LogP contribution in [0.5, 0.6) is 11.5 Å². The Morgan fingerprint density at radius 2 is 2.03 bits per heavy atom. The average molecular weight is 517 g/mol. The lowest BCUT2D eigenvalue weighted by molar-refractivity contribution is -0.121. The second kappa shape index (κ2) is 12.1. The van der Waals surface area contributed by atoms with Crippen molar-refractivity contribution in [3.63, 3.8) is 0 Å². The van der Waals surface area contributed by atoms with Crippen LogP contribution in [0.2, 0.25) is 5.02 Å². The van der Waals surface area contributed by atoms with Crippen LogP contribution in [0.15, 0.2) is 53.7 Å². The number of nitrogens with zero attached hydrogens (tertiary/aromatic N) is 1. The molecule has 1 unspecified atom stereocenters. The molecule has 0 aromatic heterocycles. The fourth-order valence-electron chi connectivity index (χ4n) is 3.56. The highest BCUT2D eigenvalue weighted by Gasteiger charge is 2.31. The Hall–Kier alpha value is -3.00. The van der Waals surface area contributed by atoms with E-state index in [9.17, 15) is 4.79 Å². The summed E-state index contributed by atoms with van der Waals surface area (Å²) in [5.74, 6) is 0.403. The first-order valence-electron chi connectivity index (χ1n) is 11.3. The van der Waals surface area contributed by atoms with Crippen molar-refractivity contribution in [3.05, 3.63) is 69.9 Å². The van der Waals surface area contributed by atoms with Gasteiger partial charge in [-0.1, -0.05) is 42.3 Å². The van der Waals surface area contributed by atoms with Crippen LogP contribution in [0.3, 0.4) is 0 Å². The van der Waals surface area contributed by atoms with Crippen molar-refractivity contribution in [3.8, 4) is 11.5 Å². The zero-order valence-electron chi connectivity index (χ0n) is 20.0. The molecule has 0 amide bonds.